The number of hydrogen-bond donors (Lipinski definition) is 1. The Bertz CT molecular complexity index is 620. The molecule has 1 fully saturated rings. The van der Waals surface area contributed by atoms with Crippen LogP contribution < -0.4 is 0 Å². The lowest BCUT2D eigenvalue weighted by atomic mass is 9.84. The van der Waals surface area contributed by atoms with Gasteiger partial charge in [0, 0.05) is 17.0 Å². The third-order valence-corrected chi connectivity index (χ3v) is 5.88. The maximum atomic E-state index is 13.3. The van der Waals surface area contributed by atoms with Gasteiger partial charge in [0.1, 0.15) is 0 Å². The molecule has 0 saturated carbocycles. The van der Waals surface area contributed by atoms with Crippen molar-refractivity contribution in [2.24, 2.45) is 5.92 Å². The Morgan fingerprint density at radius 1 is 1.33 bits per heavy atom. The maximum Gasteiger partial charge on any atom is 0.226 e. The van der Waals surface area contributed by atoms with E-state index in [2.05, 4.69) is 18.4 Å². The van der Waals surface area contributed by atoms with Crippen LogP contribution in [0.25, 0.3) is 0 Å². The summed E-state index contributed by atoms with van der Waals surface area (Å²) in [5, 5.41) is 10.7. The molecule has 0 spiro atoms. The van der Waals surface area contributed by atoms with Gasteiger partial charge in [0.2, 0.25) is 5.91 Å². The van der Waals surface area contributed by atoms with Crippen LogP contribution in [0.2, 0.25) is 5.02 Å². The number of amides is 1. The molecule has 1 amide bonds. The van der Waals surface area contributed by atoms with Crippen LogP contribution in [0.1, 0.15) is 77.3 Å². The Morgan fingerprint density at radius 2 is 2.00 bits per heavy atom. The molecule has 3 unspecified atom stereocenters. The molecule has 0 aliphatic carbocycles. The van der Waals surface area contributed by atoms with E-state index in [-0.39, 0.29) is 23.9 Å². The molecule has 150 valence electrons. The molecule has 1 saturated heterocycles. The second-order valence-corrected chi connectivity index (χ2v) is 8.81. The van der Waals surface area contributed by atoms with Crippen LogP contribution in [0.15, 0.2) is 36.9 Å². The molecule has 1 N–H and O–H groups in total. The van der Waals surface area contributed by atoms with Gasteiger partial charge >= 0.3 is 0 Å². The number of aliphatic hydroxyl groups is 1. The van der Waals surface area contributed by atoms with Gasteiger partial charge in [-0.3, -0.25) is 4.79 Å². The van der Waals surface area contributed by atoms with Gasteiger partial charge in [0.05, 0.1) is 11.6 Å². The van der Waals surface area contributed by atoms with E-state index in [1.54, 1.807) is 0 Å². The number of halogens is 1. The predicted molar refractivity (Wildman–Crippen MR) is 113 cm³/mol. The molecule has 1 aromatic carbocycles. The van der Waals surface area contributed by atoms with Crippen LogP contribution in [-0.4, -0.2) is 27.6 Å². The summed E-state index contributed by atoms with van der Waals surface area (Å²) in [6, 6.07) is 8.20. The first-order chi connectivity index (χ1) is 12.8. The second kappa shape index (κ2) is 9.75. The van der Waals surface area contributed by atoms with E-state index in [4.69, 9.17) is 11.6 Å². The van der Waals surface area contributed by atoms with E-state index in [9.17, 15) is 9.90 Å². The fraction of sp³-hybridized carbons (Fsp3) is 0.609. The van der Waals surface area contributed by atoms with Crippen molar-refractivity contribution in [3.05, 3.63) is 47.5 Å². The normalized spacial score (nSPS) is 22.0. The highest BCUT2D eigenvalue weighted by Gasteiger charge is 2.38. The van der Waals surface area contributed by atoms with Crippen molar-refractivity contribution in [2.75, 3.05) is 0 Å². The largest absolute Gasteiger partial charge is 0.390 e. The number of allylic oxidation sites excluding steroid dienone is 1. The highest BCUT2D eigenvalue weighted by molar-refractivity contribution is 6.30. The van der Waals surface area contributed by atoms with E-state index in [1.165, 1.54) is 0 Å². The van der Waals surface area contributed by atoms with Gasteiger partial charge in [-0.05, 0) is 76.5 Å². The zero-order chi connectivity index (χ0) is 20.0. The molecule has 1 aliphatic rings. The summed E-state index contributed by atoms with van der Waals surface area (Å²) in [7, 11) is 0. The molecular weight excluding hydrogens is 358 g/mol. The Kier molecular flexibility index (Phi) is 7.93. The van der Waals surface area contributed by atoms with Gasteiger partial charge in [0.15, 0.2) is 0 Å². The molecule has 3 nitrogen and oxygen atoms in total. The molecule has 0 aromatic heterocycles. The number of benzene rings is 1. The minimum Gasteiger partial charge on any atom is -0.390 e. The maximum absolute atomic E-state index is 13.3. The predicted octanol–water partition coefficient (Wildman–Crippen LogP) is 5.92. The summed E-state index contributed by atoms with van der Waals surface area (Å²) in [5.41, 5.74) is 0.497. The van der Waals surface area contributed by atoms with Crippen molar-refractivity contribution in [1.29, 1.82) is 0 Å². The number of carbonyl (C=O) groups excluding carboxylic acids is 1. The second-order valence-electron chi connectivity index (χ2n) is 8.38. The topological polar surface area (TPSA) is 40.5 Å². The first-order valence-electron chi connectivity index (χ1n) is 10.2. The van der Waals surface area contributed by atoms with E-state index in [1.807, 2.05) is 44.2 Å². The lowest BCUT2D eigenvalue weighted by Gasteiger charge is -2.44. The Hall–Kier alpha value is -1.32. The van der Waals surface area contributed by atoms with Gasteiger partial charge in [-0.25, -0.2) is 0 Å². The van der Waals surface area contributed by atoms with Crippen LogP contribution in [0.4, 0.5) is 0 Å². The van der Waals surface area contributed by atoms with E-state index < -0.39 is 5.60 Å². The summed E-state index contributed by atoms with van der Waals surface area (Å²) in [6.07, 6.45) is 7.95. The minimum absolute atomic E-state index is 0.0365. The lowest BCUT2D eigenvalue weighted by Crippen LogP contribution is -2.48. The zero-order valence-electron chi connectivity index (χ0n) is 17.0. The number of nitrogens with zero attached hydrogens (tertiary/aromatic N) is 1. The highest BCUT2D eigenvalue weighted by atomic mass is 35.5. The molecule has 2 rings (SSSR count). The molecule has 1 heterocycles. The van der Waals surface area contributed by atoms with E-state index >= 15 is 0 Å². The van der Waals surface area contributed by atoms with Crippen molar-refractivity contribution in [2.45, 2.75) is 83.4 Å². The summed E-state index contributed by atoms with van der Waals surface area (Å²) >= 11 is 6.07. The Morgan fingerprint density at radius 3 is 2.56 bits per heavy atom. The summed E-state index contributed by atoms with van der Waals surface area (Å²) in [6.45, 7) is 9.67. The van der Waals surface area contributed by atoms with Crippen molar-refractivity contribution in [3.63, 3.8) is 0 Å². The average Bonchev–Trinajstić information content (AvgIpc) is 2.61. The summed E-state index contributed by atoms with van der Waals surface area (Å²) in [4.78, 5) is 15.5. The number of carbonyl (C=O) groups is 1. The van der Waals surface area contributed by atoms with Crippen LogP contribution in [0.3, 0.4) is 0 Å². The molecule has 1 aromatic rings. The van der Waals surface area contributed by atoms with Crippen molar-refractivity contribution in [1.82, 2.24) is 4.90 Å². The monoisotopic (exact) mass is 391 g/mol. The summed E-state index contributed by atoms with van der Waals surface area (Å²) in [5.74, 6) is 0.283. The number of piperidine rings is 1. The van der Waals surface area contributed by atoms with E-state index in [0.29, 0.717) is 5.02 Å². The Balaban J connectivity index is 2.24. The standard InChI is InChI=1S/C23H34ClNO2/c1-5-8-18-12-15-21(17-10-13-19(24)14-11-17)25(22(18)26)20(6-2)9-7-16-23(3,4)27/h5,10-11,13-14,18,20-21,27H,1,6-9,12,15-16H2,2-4H3. The average molecular weight is 392 g/mol. The SMILES string of the molecule is C=CCC1CCC(c2ccc(Cl)cc2)N(C(CC)CCCC(C)(C)O)C1=O. The van der Waals surface area contributed by atoms with Gasteiger partial charge in [-0.2, -0.15) is 0 Å². The van der Waals surface area contributed by atoms with Crippen molar-refractivity contribution >= 4 is 17.5 Å². The van der Waals surface area contributed by atoms with Gasteiger partial charge in [0.25, 0.3) is 0 Å². The third kappa shape index (κ3) is 6.08. The number of hydrogen-bond acceptors (Lipinski definition) is 2. The van der Waals surface area contributed by atoms with Crippen LogP contribution in [-0.2, 0) is 4.79 Å². The third-order valence-electron chi connectivity index (χ3n) is 5.62. The molecule has 0 radical (unpaired) electrons. The smallest absolute Gasteiger partial charge is 0.226 e. The van der Waals surface area contributed by atoms with Crippen molar-refractivity contribution in [3.8, 4) is 0 Å². The van der Waals surface area contributed by atoms with Gasteiger partial charge < -0.3 is 10.0 Å². The molecular formula is C23H34ClNO2. The van der Waals surface area contributed by atoms with Crippen LogP contribution in [0, 0.1) is 5.92 Å². The van der Waals surface area contributed by atoms with Crippen LogP contribution >= 0.6 is 11.6 Å². The first kappa shape index (κ1) is 22.0. The van der Waals surface area contributed by atoms with Crippen molar-refractivity contribution < 1.29 is 9.90 Å². The molecule has 4 heteroatoms. The quantitative estimate of drug-likeness (QED) is 0.531. The first-order valence-corrected chi connectivity index (χ1v) is 10.6. The fourth-order valence-electron chi connectivity index (χ4n) is 4.16. The molecule has 0 bridgehead atoms. The van der Waals surface area contributed by atoms with Gasteiger partial charge in [-0.15, -0.1) is 6.58 Å². The molecule has 1 aliphatic heterocycles. The number of rotatable bonds is 9. The van der Waals surface area contributed by atoms with Gasteiger partial charge in [-0.1, -0.05) is 36.7 Å². The fourth-order valence-corrected chi connectivity index (χ4v) is 4.29. The molecule has 3 atom stereocenters. The number of likely N-dealkylation sites (tertiary alicyclic amines) is 1. The highest BCUT2D eigenvalue weighted by Crippen LogP contribution is 2.39. The van der Waals surface area contributed by atoms with Crippen LogP contribution in [0.5, 0.6) is 0 Å². The Labute approximate surface area is 169 Å². The molecule has 27 heavy (non-hydrogen) atoms. The lowest BCUT2D eigenvalue weighted by molar-refractivity contribution is -0.145. The van der Waals surface area contributed by atoms with E-state index in [0.717, 1.165) is 50.5 Å². The zero-order valence-corrected chi connectivity index (χ0v) is 17.7. The minimum atomic E-state index is -0.662. The summed E-state index contributed by atoms with van der Waals surface area (Å²) < 4.78 is 0.